The largest absolute Gasteiger partial charge is 0.342 e. The molecule has 1 aliphatic rings. The van der Waals surface area contributed by atoms with Crippen molar-refractivity contribution in [3.05, 3.63) is 0 Å². The summed E-state index contributed by atoms with van der Waals surface area (Å²) >= 11 is 0. The van der Waals surface area contributed by atoms with Gasteiger partial charge in [0, 0.05) is 50.8 Å². The van der Waals surface area contributed by atoms with Gasteiger partial charge in [-0.1, -0.05) is 41.5 Å². The van der Waals surface area contributed by atoms with E-state index in [4.69, 9.17) is 0 Å². The Morgan fingerprint density at radius 2 is 1.50 bits per heavy atom. The Balaban J connectivity index is -0.000000123. The number of carbonyl (C=O) groups excluding carboxylic acids is 1. The second-order valence-electron chi connectivity index (χ2n) is 3.19. The van der Waals surface area contributed by atoms with E-state index in [1.54, 1.807) is 0 Å². The average Bonchev–Trinajstić information content (AvgIpc) is 2.78. The first kappa shape index (κ1) is 27.1. The number of hydrogen-bond acceptors (Lipinski definition) is 2. The Morgan fingerprint density at radius 1 is 1.11 bits per heavy atom. The molecule has 4 heteroatoms. The summed E-state index contributed by atoms with van der Waals surface area (Å²) in [6.07, 6.45) is 0.986. The molecule has 114 valence electrons. The van der Waals surface area contributed by atoms with Crippen molar-refractivity contribution in [3.63, 3.8) is 0 Å². The topological polar surface area (TPSA) is 23.6 Å². The monoisotopic (exact) mass is 286 g/mol. The minimum atomic E-state index is 0. The van der Waals surface area contributed by atoms with Crippen molar-refractivity contribution in [2.75, 3.05) is 27.2 Å². The van der Waals surface area contributed by atoms with E-state index in [9.17, 15) is 4.79 Å². The molecule has 1 fully saturated rings. The summed E-state index contributed by atoms with van der Waals surface area (Å²) in [4.78, 5) is 15.4. The van der Waals surface area contributed by atoms with Gasteiger partial charge in [-0.15, -0.1) is 0 Å². The van der Waals surface area contributed by atoms with E-state index in [1.165, 1.54) is 0 Å². The van der Waals surface area contributed by atoms with Gasteiger partial charge in [0.15, 0.2) is 0 Å². The van der Waals surface area contributed by atoms with E-state index < -0.39 is 0 Å². The van der Waals surface area contributed by atoms with E-state index in [-0.39, 0.29) is 49.7 Å². The summed E-state index contributed by atoms with van der Waals surface area (Å²) < 4.78 is 0. The molecular weight excluding hydrogens is 252 g/mol. The molecule has 1 aliphatic heterocycles. The molecule has 0 aromatic heterocycles. The van der Waals surface area contributed by atoms with Gasteiger partial charge < -0.3 is 4.90 Å². The zero-order valence-electron chi connectivity index (χ0n) is 13.9. The SMILES string of the molecule is CC.CC.CC.CCN1CCC(N(C)C)C1=O.[Ar]. The second-order valence-corrected chi connectivity index (χ2v) is 3.19. The fourth-order valence-corrected chi connectivity index (χ4v) is 1.52. The first-order valence-electron chi connectivity index (χ1n) is 7.12. The predicted octanol–water partition coefficient (Wildman–Crippen LogP) is 3.25. The van der Waals surface area contributed by atoms with Crippen LogP contribution in [0.1, 0.15) is 54.9 Å². The molecule has 1 atom stereocenters. The summed E-state index contributed by atoms with van der Waals surface area (Å²) in [5.41, 5.74) is 0. The molecule has 1 saturated heterocycles. The number of rotatable bonds is 2. The van der Waals surface area contributed by atoms with Gasteiger partial charge in [-0.3, -0.25) is 9.69 Å². The van der Waals surface area contributed by atoms with Gasteiger partial charge in [-0.05, 0) is 27.4 Å². The van der Waals surface area contributed by atoms with Gasteiger partial charge in [0.2, 0.25) is 5.91 Å². The van der Waals surface area contributed by atoms with Crippen molar-refractivity contribution < 1.29 is 42.5 Å². The Bertz CT molecular complexity index is 164. The van der Waals surface area contributed by atoms with E-state index in [2.05, 4.69) is 0 Å². The third kappa shape index (κ3) is 10.6. The van der Waals surface area contributed by atoms with Gasteiger partial charge in [-0.2, -0.15) is 0 Å². The van der Waals surface area contributed by atoms with Crippen LogP contribution in [-0.2, 0) is 4.79 Å². The molecule has 0 aromatic carbocycles. The first-order chi connectivity index (χ1) is 8.16. The normalized spacial score (nSPS) is 16.4. The maximum atomic E-state index is 11.5. The summed E-state index contributed by atoms with van der Waals surface area (Å²) in [5.74, 6) is 0.289. The van der Waals surface area contributed by atoms with Crippen molar-refractivity contribution in [2.45, 2.75) is 60.9 Å². The second kappa shape index (κ2) is 20.0. The zero-order chi connectivity index (χ0) is 14.4. The fraction of sp³-hybridized carbons (Fsp3) is 0.929. The van der Waals surface area contributed by atoms with Crippen LogP contribution in [0.15, 0.2) is 0 Å². The maximum absolute atomic E-state index is 11.5. The summed E-state index contributed by atoms with van der Waals surface area (Å²) in [5, 5.41) is 0. The molecule has 1 unspecified atom stereocenters. The number of amides is 1. The van der Waals surface area contributed by atoms with Crippen LogP contribution < -0.4 is 0 Å². The molecule has 0 radical (unpaired) electrons. The van der Waals surface area contributed by atoms with Crippen LogP contribution in [0.3, 0.4) is 0 Å². The Kier molecular flexibility index (Phi) is 30.1. The number of carbonyl (C=O) groups is 1. The van der Waals surface area contributed by atoms with Crippen LogP contribution in [0.5, 0.6) is 0 Å². The summed E-state index contributed by atoms with van der Waals surface area (Å²) in [6.45, 7) is 15.8. The molecule has 1 heterocycles. The smallest absolute Gasteiger partial charge is 0.239 e. The number of nitrogens with zero attached hydrogens (tertiary/aromatic N) is 2. The molecule has 0 aliphatic carbocycles. The zero-order valence-corrected chi connectivity index (χ0v) is 14.6. The van der Waals surface area contributed by atoms with Crippen LogP contribution in [-0.4, -0.2) is 48.9 Å². The number of hydrogen-bond donors (Lipinski definition) is 0. The van der Waals surface area contributed by atoms with E-state index in [0.29, 0.717) is 0 Å². The van der Waals surface area contributed by atoms with Gasteiger partial charge in [-0.25, -0.2) is 0 Å². The number of likely N-dealkylation sites (N-methyl/N-ethyl adjacent to an activating group) is 2. The number of likely N-dealkylation sites (tertiary alicyclic amines) is 1. The third-order valence-electron chi connectivity index (χ3n) is 2.27. The van der Waals surface area contributed by atoms with Gasteiger partial charge in [0.05, 0.1) is 6.04 Å². The molecule has 18 heavy (non-hydrogen) atoms. The molecule has 3 nitrogen and oxygen atoms in total. The predicted molar refractivity (Wildman–Crippen MR) is 78.4 cm³/mol. The Labute approximate surface area is 145 Å². The fourth-order valence-electron chi connectivity index (χ4n) is 1.52. The van der Waals surface area contributed by atoms with Gasteiger partial charge >= 0.3 is 0 Å². The summed E-state index contributed by atoms with van der Waals surface area (Å²) in [6, 6.07) is 0.134. The molecule has 0 bridgehead atoms. The van der Waals surface area contributed by atoms with Crippen molar-refractivity contribution >= 4 is 5.91 Å². The minimum Gasteiger partial charge on any atom is -0.342 e. The van der Waals surface area contributed by atoms with Gasteiger partial charge in [0.25, 0.3) is 0 Å². The van der Waals surface area contributed by atoms with Crippen LogP contribution in [0.25, 0.3) is 0 Å². The quantitative estimate of drug-likeness (QED) is 0.778. The Hall–Kier alpha value is 0.690. The van der Waals surface area contributed by atoms with Crippen molar-refractivity contribution in [3.8, 4) is 0 Å². The van der Waals surface area contributed by atoms with Crippen LogP contribution >= 0.6 is 0 Å². The molecular formula is C14H34ArN2O. The Morgan fingerprint density at radius 3 is 1.67 bits per heavy atom. The standard InChI is InChI=1S/C8H16N2O.3C2H6.Ar/c1-4-10-6-5-7(8(10)11)9(2)3;3*1-2;/h7H,4-6H2,1-3H3;3*1-2H3;. The van der Waals surface area contributed by atoms with E-state index >= 15 is 0 Å². The molecule has 0 N–H and O–H groups in total. The van der Waals surface area contributed by atoms with Crippen molar-refractivity contribution in [1.82, 2.24) is 9.80 Å². The van der Waals surface area contributed by atoms with Crippen LogP contribution in [0.4, 0.5) is 0 Å². The van der Waals surface area contributed by atoms with Crippen LogP contribution in [0.2, 0.25) is 0 Å². The molecule has 0 aromatic rings. The van der Waals surface area contributed by atoms with Crippen LogP contribution in [0, 0.1) is 37.7 Å². The van der Waals surface area contributed by atoms with Crippen molar-refractivity contribution in [2.24, 2.45) is 0 Å². The third-order valence-corrected chi connectivity index (χ3v) is 2.27. The molecule has 1 rings (SSSR count). The molecule has 1 amide bonds. The van der Waals surface area contributed by atoms with Crippen molar-refractivity contribution in [1.29, 1.82) is 0 Å². The van der Waals surface area contributed by atoms with E-state index in [0.717, 1.165) is 19.5 Å². The van der Waals surface area contributed by atoms with Gasteiger partial charge in [0.1, 0.15) is 0 Å². The maximum Gasteiger partial charge on any atom is 0.239 e. The van der Waals surface area contributed by atoms with E-state index in [1.807, 2.05) is 72.4 Å². The molecule has 0 spiro atoms. The first-order valence-corrected chi connectivity index (χ1v) is 7.12. The molecule has 0 saturated carbocycles. The summed E-state index contributed by atoms with van der Waals surface area (Å²) in [7, 11) is 3.92. The average molecular weight is 286 g/mol. The minimum absolute atomic E-state index is 0.